The standard InChI is InChI=1S/C21H26N2O6S/c1-2-3-9-22-18-14-16(21(24)25)15-19(20(18)29-17-7-5-4-6-8-17)30(26,27)23-10-12-28-13-11-23/h4-8,14-15,22H,2-3,9-13H2,1H3,(H,24,25). The van der Waals surface area contributed by atoms with Gasteiger partial charge in [0.2, 0.25) is 10.0 Å². The number of ether oxygens (including phenoxy) is 2. The van der Waals surface area contributed by atoms with Gasteiger partial charge in [-0.2, -0.15) is 4.31 Å². The number of carbonyl (C=O) groups is 1. The normalized spacial score (nSPS) is 15.0. The molecule has 2 aromatic carbocycles. The van der Waals surface area contributed by atoms with E-state index < -0.39 is 16.0 Å². The van der Waals surface area contributed by atoms with Crippen LogP contribution in [0.25, 0.3) is 0 Å². The lowest BCUT2D eigenvalue weighted by molar-refractivity contribution is 0.0696. The number of nitrogens with zero attached hydrogens (tertiary/aromatic N) is 1. The van der Waals surface area contributed by atoms with Crippen molar-refractivity contribution in [2.24, 2.45) is 0 Å². The van der Waals surface area contributed by atoms with Gasteiger partial charge in [0.25, 0.3) is 0 Å². The SMILES string of the molecule is CCCCNc1cc(C(=O)O)cc(S(=O)(=O)N2CCOCC2)c1Oc1ccccc1. The van der Waals surface area contributed by atoms with Crippen LogP contribution >= 0.6 is 0 Å². The Kier molecular flexibility index (Phi) is 7.30. The number of nitrogens with one attached hydrogen (secondary N) is 1. The Hall–Kier alpha value is -2.62. The van der Waals surface area contributed by atoms with Gasteiger partial charge in [-0.25, -0.2) is 13.2 Å². The predicted molar refractivity (Wildman–Crippen MR) is 113 cm³/mol. The van der Waals surface area contributed by atoms with Crippen LogP contribution in [0.5, 0.6) is 11.5 Å². The molecule has 1 aliphatic heterocycles. The first kappa shape index (κ1) is 22.1. The van der Waals surface area contributed by atoms with Crippen molar-refractivity contribution in [3.05, 3.63) is 48.0 Å². The first-order valence-electron chi connectivity index (χ1n) is 9.89. The lowest BCUT2D eigenvalue weighted by atomic mass is 10.1. The monoisotopic (exact) mass is 434 g/mol. The second-order valence-electron chi connectivity index (χ2n) is 6.87. The Morgan fingerprint density at radius 3 is 2.53 bits per heavy atom. The van der Waals surface area contributed by atoms with Gasteiger partial charge in [0.1, 0.15) is 10.6 Å². The molecule has 2 aromatic rings. The van der Waals surface area contributed by atoms with E-state index in [-0.39, 0.29) is 42.5 Å². The fraction of sp³-hybridized carbons (Fsp3) is 0.381. The average molecular weight is 435 g/mol. The molecule has 1 saturated heterocycles. The topological polar surface area (TPSA) is 105 Å². The molecule has 2 N–H and O–H groups in total. The predicted octanol–water partition coefficient (Wildman–Crippen LogP) is 3.41. The molecular formula is C21H26N2O6S. The van der Waals surface area contributed by atoms with Crippen LogP contribution in [0.1, 0.15) is 30.1 Å². The summed E-state index contributed by atoms with van der Waals surface area (Å²) < 4.78 is 39.4. The molecule has 1 fully saturated rings. The van der Waals surface area contributed by atoms with Crippen LogP contribution in [-0.4, -0.2) is 56.6 Å². The van der Waals surface area contributed by atoms with Crippen molar-refractivity contribution in [3.8, 4) is 11.5 Å². The van der Waals surface area contributed by atoms with Crippen molar-refractivity contribution in [1.29, 1.82) is 0 Å². The number of hydrogen-bond acceptors (Lipinski definition) is 6. The van der Waals surface area contributed by atoms with E-state index in [1.807, 2.05) is 13.0 Å². The van der Waals surface area contributed by atoms with Crippen LogP contribution in [0.3, 0.4) is 0 Å². The molecule has 0 aliphatic carbocycles. The third kappa shape index (κ3) is 5.10. The molecule has 0 spiro atoms. The zero-order valence-corrected chi connectivity index (χ0v) is 17.7. The first-order chi connectivity index (χ1) is 14.4. The number of morpholine rings is 1. The van der Waals surface area contributed by atoms with Crippen LogP contribution < -0.4 is 10.1 Å². The maximum atomic E-state index is 13.4. The minimum atomic E-state index is -4.00. The highest BCUT2D eigenvalue weighted by molar-refractivity contribution is 7.89. The van der Waals surface area contributed by atoms with Crippen molar-refractivity contribution in [2.45, 2.75) is 24.7 Å². The van der Waals surface area contributed by atoms with Gasteiger partial charge in [0.15, 0.2) is 5.75 Å². The fourth-order valence-electron chi connectivity index (χ4n) is 3.09. The molecule has 3 rings (SSSR count). The van der Waals surface area contributed by atoms with E-state index in [2.05, 4.69) is 5.32 Å². The Morgan fingerprint density at radius 2 is 1.90 bits per heavy atom. The highest BCUT2D eigenvalue weighted by Gasteiger charge is 2.32. The molecule has 0 aromatic heterocycles. The minimum absolute atomic E-state index is 0.0915. The van der Waals surface area contributed by atoms with Gasteiger partial charge < -0.3 is 19.9 Å². The fourth-order valence-corrected chi connectivity index (χ4v) is 4.66. The van der Waals surface area contributed by atoms with Gasteiger partial charge in [0.05, 0.1) is 24.5 Å². The van der Waals surface area contributed by atoms with Crippen molar-refractivity contribution >= 4 is 21.7 Å². The number of rotatable bonds is 9. The largest absolute Gasteiger partial charge is 0.478 e. The maximum Gasteiger partial charge on any atom is 0.335 e. The third-order valence-corrected chi connectivity index (χ3v) is 6.60. The summed E-state index contributed by atoms with van der Waals surface area (Å²) in [6.45, 7) is 3.56. The number of sulfonamides is 1. The summed E-state index contributed by atoms with van der Waals surface area (Å²) in [5.41, 5.74) is 0.209. The molecule has 0 amide bonds. The molecule has 8 nitrogen and oxygen atoms in total. The summed E-state index contributed by atoms with van der Waals surface area (Å²) in [5.74, 6) is -0.662. The van der Waals surface area contributed by atoms with E-state index in [4.69, 9.17) is 9.47 Å². The lowest BCUT2D eigenvalue weighted by Gasteiger charge is -2.27. The zero-order valence-electron chi connectivity index (χ0n) is 16.8. The van der Waals surface area contributed by atoms with Crippen molar-refractivity contribution in [2.75, 3.05) is 38.2 Å². The van der Waals surface area contributed by atoms with Crippen molar-refractivity contribution in [1.82, 2.24) is 4.31 Å². The van der Waals surface area contributed by atoms with E-state index >= 15 is 0 Å². The van der Waals surface area contributed by atoms with Gasteiger partial charge in [-0.15, -0.1) is 0 Å². The van der Waals surface area contributed by atoms with Gasteiger partial charge >= 0.3 is 5.97 Å². The molecule has 0 bridgehead atoms. The third-order valence-electron chi connectivity index (χ3n) is 4.70. The number of carboxylic acids is 1. The molecule has 30 heavy (non-hydrogen) atoms. The number of anilines is 1. The Bertz CT molecular complexity index is 972. The maximum absolute atomic E-state index is 13.4. The van der Waals surface area contributed by atoms with Crippen molar-refractivity contribution < 1.29 is 27.8 Å². The summed E-state index contributed by atoms with van der Waals surface area (Å²) in [6.07, 6.45) is 1.77. The molecule has 0 unspecified atom stereocenters. The van der Waals surface area contributed by atoms with E-state index in [1.54, 1.807) is 24.3 Å². The number of para-hydroxylation sites is 1. The first-order valence-corrected chi connectivity index (χ1v) is 11.3. The summed E-state index contributed by atoms with van der Waals surface area (Å²) >= 11 is 0. The molecule has 0 radical (unpaired) electrons. The number of hydrogen-bond donors (Lipinski definition) is 2. The van der Waals surface area contributed by atoms with Crippen molar-refractivity contribution in [3.63, 3.8) is 0 Å². The van der Waals surface area contributed by atoms with E-state index in [9.17, 15) is 18.3 Å². The molecule has 1 heterocycles. The summed E-state index contributed by atoms with van der Waals surface area (Å²) in [4.78, 5) is 11.5. The number of aromatic carboxylic acids is 1. The van der Waals surface area contributed by atoms with Gasteiger partial charge in [0, 0.05) is 19.6 Å². The summed E-state index contributed by atoms with van der Waals surface area (Å²) in [7, 11) is -4.00. The second-order valence-corrected chi connectivity index (χ2v) is 8.77. The van der Waals surface area contributed by atoms with Gasteiger partial charge in [-0.3, -0.25) is 0 Å². The summed E-state index contributed by atoms with van der Waals surface area (Å²) in [6, 6.07) is 11.4. The zero-order chi connectivity index (χ0) is 21.6. The molecule has 0 atom stereocenters. The van der Waals surface area contributed by atoms with Crippen LogP contribution in [0, 0.1) is 0 Å². The molecule has 0 saturated carbocycles. The average Bonchev–Trinajstić information content (AvgIpc) is 2.76. The van der Waals surface area contributed by atoms with E-state index in [0.29, 0.717) is 18.0 Å². The smallest absolute Gasteiger partial charge is 0.335 e. The second kappa shape index (κ2) is 9.92. The van der Waals surface area contributed by atoms with Crippen LogP contribution in [-0.2, 0) is 14.8 Å². The lowest BCUT2D eigenvalue weighted by Crippen LogP contribution is -2.40. The molecule has 1 aliphatic rings. The van der Waals surface area contributed by atoms with Crippen LogP contribution in [0.4, 0.5) is 5.69 Å². The summed E-state index contributed by atoms with van der Waals surface area (Å²) in [5, 5.41) is 12.7. The number of unbranched alkanes of at least 4 members (excludes halogenated alkanes) is 1. The van der Waals surface area contributed by atoms with E-state index in [0.717, 1.165) is 18.9 Å². The van der Waals surface area contributed by atoms with Crippen LogP contribution in [0.2, 0.25) is 0 Å². The number of carboxylic acid groups (broad SMARTS) is 1. The Balaban J connectivity index is 2.14. The number of benzene rings is 2. The van der Waals surface area contributed by atoms with Gasteiger partial charge in [-0.05, 0) is 30.7 Å². The highest BCUT2D eigenvalue weighted by Crippen LogP contribution is 2.39. The molecule has 162 valence electrons. The Labute approximate surface area is 176 Å². The van der Waals surface area contributed by atoms with E-state index in [1.165, 1.54) is 10.4 Å². The molecule has 9 heteroatoms. The molecular weight excluding hydrogens is 408 g/mol. The highest BCUT2D eigenvalue weighted by atomic mass is 32.2. The Morgan fingerprint density at radius 1 is 1.20 bits per heavy atom. The minimum Gasteiger partial charge on any atom is -0.478 e. The van der Waals surface area contributed by atoms with Gasteiger partial charge in [-0.1, -0.05) is 31.5 Å². The quantitative estimate of drug-likeness (QED) is 0.583. The van der Waals surface area contributed by atoms with Crippen LogP contribution in [0.15, 0.2) is 47.4 Å².